The summed E-state index contributed by atoms with van der Waals surface area (Å²) in [4.78, 5) is 3.51. The summed E-state index contributed by atoms with van der Waals surface area (Å²) in [6.45, 7) is -0.120. The van der Waals surface area contributed by atoms with Crippen molar-refractivity contribution >= 4 is 11.6 Å². The lowest BCUT2D eigenvalue weighted by atomic mass is 10.2. The maximum Gasteiger partial charge on any atom is 0.417 e. The largest absolute Gasteiger partial charge is 0.417 e. The van der Waals surface area contributed by atoms with Gasteiger partial charge in [0, 0.05) is 12.6 Å². The molecule has 0 bridgehead atoms. The highest BCUT2D eigenvalue weighted by atomic mass is 35.5. The van der Waals surface area contributed by atoms with E-state index in [2.05, 4.69) is 16.8 Å². The van der Waals surface area contributed by atoms with Crippen molar-refractivity contribution in [1.29, 1.82) is 0 Å². The van der Waals surface area contributed by atoms with Crippen LogP contribution in [-0.4, -0.2) is 16.7 Å². The molecule has 0 radical (unpaired) electrons. The number of alkyl halides is 3. The van der Waals surface area contributed by atoms with E-state index in [1.165, 1.54) is 0 Å². The minimum Gasteiger partial charge on any atom is -0.395 e. The number of rotatable bonds is 1. The Morgan fingerprint density at radius 3 is 2.62 bits per heavy atom. The Morgan fingerprint density at radius 1 is 1.44 bits per heavy atom. The molecule has 86 valence electrons. The summed E-state index contributed by atoms with van der Waals surface area (Å²) in [7, 11) is 0. The van der Waals surface area contributed by atoms with E-state index in [1.54, 1.807) is 0 Å². The van der Waals surface area contributed by atoms with Crippen molar-refractivity contribution in [2.45, 2.75) is 12.6 Å². The van der Waals surface area contributed by atoms with Crippen LogP contribution in [0.15, 0.2) is 12.3 Å². The molecule has 1 heterocycles. The fourth-order valence-electron chi connectivity index (χ4n) is 0.887. The molecule has 16 heavy (non-hydrogen) atoms. The molecule has 1 rings (SSSR count). The SMILES string of the molecule is OCCC#Cc1ncc(C(F)(F)F)cc1Cl. The quantitative estimate of drug-likeness (QED) is 0.776. The van der Waals surface area contributed by atoms with E-state index in [9.17, 15) is 13.2 Å². The Bertz CT molecular complexity index is 434. The molecule has 2 nitrogen and oxygen atoms in total. The van der Waals surface area contributed by atoms with Crippen molar-refractivity contribution in [2.75, 3.05) is 6.61 Å². The Morgan fingerprint density at radius 2 is 2.12 bits per heavy atom. The highest BCUT2D eigenvalue weighted by molar-refractivity contribution is 6.31. The van der Waals surface area contributed by atoms with Gasteiger partial charge in [-0.25, -0.2) is 4.98 Å². The molecule has 1 aromatic heterocycles. The van der Waals surface area contributed by atoms with E-state index in [-0.39, 0.29) is 23.7 Å². The first-order valence-electron chi connectivity index (χ1n) is 4.27. The molecule has 0 spiro atoms. The standard InChI is InChI=1S/C10H7ClF3NO/c11-8-5-7(10(12,13)14)6-15-9(8)3-1-2-4-16/h5-6,16H,2,4H2. The smallest absolute Gasteiger partial charge is 0.395 e. The maximum atomic E-state index is 12.2. The third kappa shape index (κ3) is 3.40. The van der Waals surface area contributed by atoms with Gasteiger partial charge in [-0.05, 0) is 12.0 Å². The fourth-order valence-corrected chi connectivity index (χ4v) is 1.10. The number of nitrogens with zero attached hydrogens (tertiary/aromatic N) is 1. The van der Waals surface area contributed by atoms with Crippen molar-refractivity contribution in [3.8, 4) is 11.8 Å². The fraction of sp³-hybridized carbons (Fsp3) is 0.300. The Kier molecular flexibility index (Phi) is 4.16. The first kappa shape index (κ1) is 12.8. The first-order chi connectivity index (χ1) is 7.45. The second kappa shape index (κ2) is 5.19. The Hall–Kier alpha value is -1.25. The van der Waals surface area contributed by atoms with Crippen molar-refractivity contribution in [3.05, 3.63) is 28.5 Å². The lowest BCUT2D eigenvalue weighted by Crippen LogP contribution is -2.05. The second-order valence-electron chi connectivity index (χ2n) is 2.83. The molecular formula is C10H7ClF3NO. The maximum absolute atomic E-state index is 12.2. The minimum absolute atomic E-state index is 0.0723. The molecule has 0 aliphatic rings. The van der Waals surface area contributed by atoms with Crippen LogP contribution in [0.3, 0.4) is 0 Å². The number of aliphatic hydroxyl groups is 1. The van der Waals surface area contributed by atoms with Crippen molar-refractivity contribution in [2.24, 2.45) is 0 Å². The molecule has 1 N–H and O–H groups in total. The van der Waals surface area contributed by atoms with E-state index < -0.39 is 11.7 Å². The predicted octanol–water partition coefficient (Wildman–Crippen LogP) is 2.49. The number of hydrogen-bond donors (Lipinski definition) is 1. The highest BCUT2D eigenvalue weighted by Crippen LogP contribution is 2.30. The van der Waals surface area contributed by atoms with Gasteiger partial charge in [0.15, 0.2) is 0 Å². The van der Waals surface area contributed by atoms with Gasteiger partial charge < -0.3 is 5.11 Å². The van der Waals surface area contributed by atoms with Crippen molar-refractivity contribution < 1.29 is 18.3 Å². The van der Waals surface area contributed by atoms with E-state index in [0.717, 1.165) is 6.07 Å². The molecule has 0 saturated heterocycles. The zero-order valence-corrected chi connectivity index (χ0v) is 8.73. The molecule has 0 fully saturated rings. The monoisotopic (exact) mass is 249 g/mol. The van der Waals surface area contributed by atoms with Crippen LogP contribution in [-0.2, 0) is 6.18 Å². The molecule has 0 atom stereocenters. The lowest BCUT2D eigenvalue weighted by molar-refractivity contribution is -0.137. The van der Waals surface area contributed by atoms with Gasteiger partial charge in [-0.15, -0.1) is 0 Å². The predicted molar refractivity (Wildman–Crippen MR) is 52.8 cm³/mol. The molecule has 0 unspecified atom stereocenters. The summed E-state index contributed by atoms with van der Waals surface area (Å²) in [6, 6.07) is 0.775. The number of aromatic nitrogens is 1. The summed E-state index contributed by atoms with van der Waals surface area (Å²) < 4.78 is 36.7. The highest BCUT2D eigenvalue weighted by Gasteiger charge is 2.31. The van der Waals surface area contributed by atoms with Crippen LogP contribution in [0.5, 0.6) is 0 Å². The van der Waals surface area contributed by atoms with Gasteiger partial charge in [0.25, 0.3) is 0 Å². The molecule has 0 aliphatic carbocycles. The average Bonchev–Trinajstić information content (AvgIpc) is 2.19. The molecule has 0 aromatic carbocycles. The second-order valence-corrected chi connectivity index (χ2v) is 3.23. The van der Waals surface area contributed by atoms with Crippen molar-refractivity contribution in [3.63, 3.8) is 0 Å². The third-order valence-corrected chi connectivity index (χ3v) is 1.90. The summed E-state index contributed by atoms with van der Waals surface area (Å²) in [5.41, 5.74) is -0.840. The van der Waals surface area contributed by atoms with Crippen LogP contribution >= 0.6 is 11.6 Å². The van der Waals surface area contributed by atoms with Gasteiger partial charge in [0.05, 0.1) is 17.2 Å². The van der Waals surface area contributed by atoms with Gasteiger partial charge in [0.2, 0.25) is 0 Å². The van der Waals surface area contributed by atoms with Crippen LogP contribution < -0.4 is 0 Å². The summed E-state index contributed by atoms with van der Waals surface area (Å²) in [5, 5.41) is 8.31. The Labute approximate surface area is 95.1 Å². The normalized spacial score (nSPS) is 10.8. The number of aliphatic hydroxyl groups excluding tert-OH is 1. The van der Waals surface area contributed by atoms with Gasteiger partial charge in [-0.3, -0.25) is 0 Å². The zero-order valence-electron chi connectivity index (χ0n) is 7.98. The van der Waals surface area contributed by atoms with Crippen LogP contribution in [0.2, 0.25) is 5.02 Å². The summed E-state index contributed by atoms with van der Waals surface area (Å²) in [6.07, 6.45) is -3.57. The van der Waals surface area contributed by atoms with E-state index in [1.807, 2.05) is 0 Å². The molecule has 6 heteroatoms. The molecule has 0 saturated carbocycles. The van der Waals surface area contributed by atoms with E-state index in [4.69, 9.17) is 16.7 Å². The first-order valence-corrected chi connectivity index (χ1v) is 4.65. The molecule has 0 amide bonds. The van der Waals surface area contributed by atoms with Gasteiger partial charge in [-0.2, -0.15) is 13.2 Å². The van der Waals surface area contributed by atoms with Gasteiger partial charge in [0.1, 0.15) is 5.69 Å². The Balaban J connectivity index is 2.98. The number of pyridine rings is 1. The van der Waals surface area contributed by atoms with Gasteiger partial charge >= 0.3 is 6.18 Å². The molecular weight excluding hydrogens is 243 g/mol. The number of hydrogen-bond acceptors (Lipinski definition) is 2. The minimum atomic E-state index is -4.46. The molecule has 1 aromatic rings. The zero-order chi connectivity index (χ0) is 12.2. The summed E-state index contributed by atoms with van der Waals surface area (Å²) >= 11 is 5.59. The van der Waals surface area contributed by atoms with Gasteiger partial charge in [-0.1, -0.05) is 17.5 Å². The number of halogens is 4. The third-order valence-electron chi connectivity index (χ3n) is 1.61. The van der Waals surface area contributed by atoms with Crippen LogP contribution in [0.4, 0.5) is 13.2 Å². The topological polar surface area (TPSA) is 33.1 Å². The van der Waals surface area contributed by atoms with Crippen LogP contribution in [0, 0.1) is 11.8 Å². The van der Waals surface area contributed by atoms with E-state index in [0.29, 0.717) is 6.20 Å². The van der Waals surface area contributed by atoms with Crippen molar-refractivity contribution in [1.82, 2.24) is 4.98 Å². The molecule has 0 aliphatic heterocycles. The average molecular weight is 250 g/mol. The van der Waals surface area contributed by atoms with E-state index >= 15 is 0 Å². The summed E-state index contributed by atoms with van der Waals surface area (Å²) in [5.74, 6) is 4.99. The van der Waals surface area contributed by atoms with Crippen LogP contribution in [0.25, 0.3) is 0 Å². The van der Waals surface area contributed by atoms with Crippen LogP contribution in [0.1, 0.15) is 17.7 Å². The lowest BCUT2D eigenvalue weighted by Gasteiger charge is -2.06.